The van der Waals surface area contributed by atoms with Crippen LogP contribution in [0.5, 0.6) is 0 Å². The summed E-state index contributed by atoms with van der Waals surface area (Å²) < 4.78 is 26.2. The van der Waals surface area contributed by atoms with Crippen LogP contribution in [0.4, 0.5) is 0 Å². The Morgan fingerprint density at radius 1 is 1.32 bits per heavy atom. The molecule has 1 aromatic rings. The van der Waals surface area contributed by atoms with Crippen molar-refractivity contribution in [2.24, 2.45) is 0 Å². The predicted octanol–water partition coefficient (Wildman–Crippen LogP) is 0.658. The normalized spacial score (nSPS) is 24.5. The van der Waals surface area contributed by atoms with Crippen LogP contribution in [-0.4, -0.2) is 47.6 Å². The van der Waals surface area contributed by atoms with Crippen LogP contribution in [-0.2, 0) is 14.8 Å². The van der Waals surface area contributed by atoms with Crippen LogP contribution < -0.4 is 0 Å². The molecule has 6 nitrogen and oxygen atoms in total. The highest BCUT2D eigenvalue weighted by Gasteiger charge is 2.43. The molecule has 2 atom stereocenters. The minimum absolute atomic E-state index is 0.0102. The Kier molecular flexibility index (Phi) is 3.95. The lowest BCUT2D eigenvalue weighted by Crippen LogP contribution is -2.40. The summed E-state index contributed by atoms with van der Waals surface area (Å²) in [6.07, 6.45) is -1.04. The van der Waals surface area contributed by atoms with Crippen LogP contribution >= 0.6 is 15.9 Å². The number of aliphatic carboxylic acids is 1. The third kappa shape index (κ3) is 2.81. The number of nitrogens with zero attached hydrogens (tertiary/aromatic N) is 1. The summed E-state index contributed by atoms with van der Waals surface area (Å²) in [5.74, 6) is -1.25. The van der Waals surface area contributed by atoms with Crippen molar-refractivity contribution in [3.8, 4) is 0 Å². The van der Waals surface area contributed by atoms with E-state index in [9.17, 15) is 18.3 Å². The molecule has 8 heteroatoms. The Hall–Kier alpha value is -0.960. The van der Waals surface area contributed by atoms with Crippen molar-refractivity contribution < 1.29 is 23.4 Å². The first-order chi connectivity index (χ1) is 8.82. The minimum Gasteiger partial charge on any atom is -0.480 e. The second-order valence-electron chi connectivity index (χ2n) is 4.27. The molecule has 0 aromatic heterocycles. The lowest BCUT2D eigenvalue weighted by molar-refractivity contribution is -0.140. The van der Waals surface area contributed by atoms with E-state index in [-0.39, 0.29) is 17.9 Å². The molecule has 0 saturated carbocycles. The highest BCUT2D eigenvalue weighted by molar-refractivity contribution is 9.10. The number of β-amino-alcohol motifs (C(OH)–C–C–N with tert-alkyl or cyclic N) is 1. The lowest BCUT2D eigenvalue weighted by atomic mass is 10.2. The smallest absolute Gasteiger partial charge is 0.322 e. The molecule has 1 heterocycles. The molecule has 0 amide bonds. The summed E-state index contributed by atoms with van der Waals surface area (Å²) in [6, 6.07) is 4.69. The van der Waals surface area contributed by atoms with E-state index in [1.54, 1.807) is 12.1 Å². The second-order valence-corrected chi connectivity index (χ2v) is 7.08. The van der Waals surface area contributed by atoms with E-state index >= 15 is 0 Å². The van der Waals surface area contributed by atoms with Crippen LogP contribution in [0.3, 0.4) is 0 Å². The summed E-state index contributed by atoms with van der Waals surface area (Å²) in [7, 11) is -3.91. The van der Waals surface area contributed by atoms with Gasteiger partial charge in [0.1, 0.15) is 6.04 Å². The van der Waals surface area contributed by atoms with Crippen LogP contribution in [0.2, 0.25) is 0 Å². The van der Waals surface area contributed by atoms with Crippen molar-refractivity contribution >= 4 is 31.9 Å². The van der Waals surface area contributed by atoms with Crippen LogP contribution in [0.15, 0.2) is 33.6 Å². The van der Waals surface area contributed by atoms with E-state index in [4.69, 9.17) is 5.11 Å². The van der Waals surface area contributed by atoms with Gasteiger partial charge < -0.3 is 10.2 Å². The largest absolute Gasteiger partial charge is 0.480 e. The number of hydrogen-bond donors (Lipinski definition) is 2. The van der Waals surface area contributed by atoms with Crippen molar-refractivity contribution in [1.29, 1.82) is 0 Å². The van der Waals surface area contributed by atoms with Gasteiger partial charge in [0.05, 0.1) is 11.0 Å². The summed E-state index contributed by atoms with van der Waals surface area (Å²) in [4.78, 5) is 11.1. The van der Waals surface area contributed by atoms with Gasteiger partial charge in [-0.3, -0.25) is 4.79 Å². The standard InChI is InChI=1S/C11H12BrNO5S/c12-7-1-3-9(4-2-7)19(17,18)13-6-8(14)5-10(13)11(15)16/h1-4,8,10,14H,5-6H2,(H,15,16). The summed E-state index contributed by atoms with van der Waals surface area (Å²) >= 11 is 3.20. The summed E-state index contributed by atoms with van der Waals surface area (Å²) in [5, 5.41) is 18.5. The maximum absolute atomic E-state index is 12.3. The van der Waals surface area contributed by atoms with E-state index < -0.39 is 28.1 Å². The number of carboxylic acid groups (broad SMARTS) is 1. The zero-order chi connectivity index (χ0) is 14.2. The molecular formula is C11H12BrNO5S. The van der Waals surface area contributed by atoms with Gasteiger partial charge >= 0.3 is 5.97 Å². The van der Waals surface area contributed by atoms with Crippen LogP contribution in [0, 0.1) is 0 Å². The number of sulfonamides is 1. The highest BCUT2D eigenvalue weighted by Crippen LogP contribution is 2.27. The number of hydrogen-bond acceptors (Lipinski definition) is 4. The Morgan fingerprint density at radius 2 is 1.89 bits per heavy atom. The molecule has 1 aromatic carbocycles. The average Bonchev–Trinajstić information content (AvgIpc) is 2.73. The van der Waals surface area contributed by atoms with Gasteiger partial charge in [0, 0.05) is 17.4 Å². The molecule has 1 aliphatic heterocycles. The predicted molar refractivity (Wildman–Crippen MR) is 70.1 cm³/mol. The molecular weight excluding hydrogens is 338 g/mol. The highest BCUT2D eigenvalue weighted by atomic mass is 79.9. The Balaban J connectivity index is 2.38. The van der Waals surface area contributed by atoms with Gasteiger partial charge in [-0.2, -0.15) is 4.31 Å². The fourth-order valence-electron chi connectivity index (χ4n) is 2.02. The van der Waals surface area contributed by atoms with Crippen molar-refractivity contribution in [1.82, 2.24) is 4.31 Å². The van der Waals surface area contributed by atoms with Crippen molar-refractivity contribution in [2.45, 2.75) is 23.5 Å². The summed E-state index contributed by atoms with van der Waals surface area (Å²) in [6.45, 7) is -0.199. The molecule has 19 heavy (non-hydrogen) atoms. The molecule has 0 radical (unpaired) electrons. The van der Waals surface area contributed by atoms with Gasteiger partial charge in [0.25, 0.3) is 0 Å². The fraction of sp³-hybridized carbons (Fsp3) is 0.364. The number of halogens is 1. The van der Waals surface area contributed by atoms with Crippen molar-refractivity contribution in [3.63, 3.8) is 0 Å². The minimum atomic E-state index is -3.91. The number of aliphatic hydroxyl groups is 1. The van der Waals surface area contributed by atoms with Gasteiger partial charge in [-0.25, -0.2) is 8.42 Å². The zero-order valence-electron chi connectivity index (χ0n) is 9.73. The van der Waals surface area contributed by atoms with Crippen LogP contribution in [0.1, 0.15) is 6.42 Å². The van der Waals surface area contributed by atoms with E-state index in [2.05, 4.69) is 15.9 Å². The van der Waals surface area contributed by atoms with Crippen molar-refractivity contribution in [3.05, 3.63) is 28.7 Å². The Morgan fingerprint density at radius 3 is 2.42 bits per heavy atom. The molecule has 0 bridgehead atoms. The van der Waals surface area contributed by atoms with E-state index in [1.807, 2.05) is 0 Å². The van der Waals surface area contributed by atoms with Gasteiger partial charge in [0.2, 0.25) is 10.0 Å². The van der Waals surface area contributed by atoms with E-state index in [1.165, 1.54) is 12.1 Å². The number of carboxylic acids is 1. The van der Waals surface area contributed by atoms with Gasteiger partial charge in [-0.15, -0.1) is 0 Å². The van der Waals surface area contributed by atoms with Gasteiger partial charge in [0.15, 0.2) is 0 Å². The number of aliphatic hydroxyl groups excluding tert-OH is 1. The maximum atomic E-state index is 12.3. The quantitative estimate of drug-likeness (QED) is 0.835. The molecule has 0 aliphatic carbocycles. The first-order valence-corrected chi connectivity index (χ1v) is 7.74. The fourth-order valence-corrected chi connectivity index (χ4v) is 3.91. The molecule has 1 aliphatic rings. The zero-order valence-corrected chi connectivity index (χ0v) is 12.1. The first kappa shape index (κ1) is 14.4. The number of carbonyl (C=O) groups is 1. The third-order valence-corrected chi connectivity index (χ3v) is 5.36. The third-order valence-electron chi connectivity index (χ3n) is 2.94. The average molecular weight is 350 g/mol. The van der Waals surface area contributed by atoms with E-state index in [0.29, 0.717) is 0 Å². The lowest BCUT2D eigenvalue weighted by Gasteiger charge is -2.20. The molecule has 0 spiro atoms. The summed E-state index contributed by atoms with van der Waals surface area (Å²) in [5.41, 5.74) is 0. The van der Waals surface area contributed by atoms with Crippen molar-refractivity contribution in [2.75, 3.05) is 6.54 Å². The molecule has 1 fully saturated rings. The second kappa shape index (κ2) is 5.20. The van der Waals surface area contributed by atoms with Gasteiger partial charge in [-0.05, 0) is 24.3 Å². The van der Waals surface area contributed by atoms with E-state index in [0.717, 1.165) is 8.78 Å². The molecule has 104 valence electrons. The topological polar surface area (TPSA) is 94.9 Å². The van der Waals surface area contributed by atoms with Crippen LogP contribution in [0.25, 0.3) is 0 Å². The Labute approximate surface area is 118 Å². The molecule has 2 rings (SSSR count). The molecule has 2 N–H and O–H groups in total. The Bertz CT molecular complexity index is 586. The first-order valence-electron chi connectivity index (χ1n) is 5.50. The monoisotopic (exact) mass is 349 g/mol. The molecule has 1 saturated heterocycles. The number of benzene rings is 1. The SMILES string of the molecule is O=C(O)C1CC(O)CN1S(=O)(=O)c1ccc(Br)cc1. The molecule has 2 unspecified atom stereocenters. The maximum Gasteiger partial charge on any atom is 0.322 e. The number of rotatable bonds is 3. The van der Waals surface area contributed by atoms with Gasteiger partial charge in [-0.1, -0.05) is 15.9 Å².